The molecule has 0 saturated heterocycles. The van der Waals surface area contributed by atoms with Crippen LogP contribution in [0.2, 0.25) is 5.15 Å². The number of fused-ring (bicyclic) bond motifs is 1. The molecule has 4 nitrogen and oxygen atoms in total. The zero-order valence-electron chi connectivity index (χ0n) is 10.5. The third-order valence-electron chi connectivity index (χ3n) is 3.27. The third-order valence-corrected chi connectivity index (χ3v) is 3.47. The zero-order chi connectivity index (χ0) is 14.1. The second-order valence-corrected chi connectivity index (χ2v) is 4.99. The zero-order valence-corrected chi connectivity index (χ0v) is 11.3. The average Bonchev–Trinajstić information content (AvgIpc) is 2.43. The molecule has 5 heteroatoms. The van der Waals surface area contributed by atoms with E-state index in [2.05, 4.69) is 4.98 Å². The van der Waals surface area contributed by atoms with Crippen molar-refractivity contribution < 1.29 is 9.59 Å². The summed E-state index contributed by atoms with van der Waals surface area (Å²) in [4.78, 5) is 29.6. The summed E-state index contributed by atoms with van der Waals surface area (Å²) < 4.78 is 0. The molecule has 0 aliphatic carbocycles. The van der Waals surface area contributed by atoms with Crippen LogP contribution < -0.4 is 0 Å². The van der Waals surface area contributed by atoms with Gasteiger partial charge in [0.15, 0.2) is 0 Å². The first kappa shape index (κ1) is 12.8. The van der Waals surface area contributed by atoms with Gasteiger partial charge in [-0.15, -0.1) is 0 Å². The van der Waals surface area contributed by atoms with E-state index in [1.807, 2.05) is 12.1 Å². The normalized spacial score (nSPS) is 14.3. The summed E-state index contributed by atoms with van der Waals surface area (Å²) in [6, 6.07) is 10.6. The van der Waals surface area contributed by atoms with Crippen LogP contribution in [0.5, 0.6) is 0 Å². The molecular weight excluding hydrogens is 276 g/mol. The highest BCUT2D eigenvalue weighted by Crippen LogP contribution is 2.21. The van der Waals surface area contributed by atoms with Crippen molar-refractivity contribution in [2.75, 3.05) is 0 Å². The summed E-state index contributed by atoms with van der Waals surface area (Å²) in [5.41, 5.74) is 2.16. The summed E-state index contributed by atoms with van der Waals surface area (Å²) in [5.74, 6) is -0.452. The lowest BCUT2D eigenvalue weighted by atomic mass is 9.98. The number of halogens is 1. The fraction of sp³-hybridized carbons (Fsp3) is 0.133. The number of carbonyl (C=O) groups excluding carboxylic acids is 2. The number of hydrogen-bond donors (Lipinski definition) is 0. The molecule has 0 N–H and O–H groups in total. The summed E-state index contributed by atoms with van der Waals surface area (Å²) in [5, 5.41) is 0.347. The van der Waals surface area contributed by atoms with Gasteiger partial charge in [0.05, 0.1) is 13.0 Å². The number of pyridine rings is 1. The lowest BCUT2D eigenvalue weighted by Gasteiger charge is -2.26. The standard InChI is InChI=1S/C15H11ClN2O2/c16-13-7-10(5-6-17-13)9-18-14(19)8-11-3-1-2-4-12(11)15(18)20/h1-7H,8-9H2. The number of rotatable bonds is 2. The number of carbonyl (C=O) groups is 2. The van der Waals surface area contributed by atoms with E-state index in [-0.39, 0.29) is 24.8 Å². The van der Waals surface area contributed by atoms with Gasteiger partial charge in [0.2, 0.25) is 5.91 Å². The van der Waals surface area contributed by atoms with Crippen LogP contribution in [0.15, 0.2) is 42.6 Å². The Kier molecular flexibility index (Phi) is 3.24. The predicted molar refractivity (Wildman–Crippen MR) is 74.3 cm³/mol. The molecular formula is C15H11ClN2O2. The Morgan fingerprint density at radius 3 is 2.80 bits per heavy atom. The van der Waals surface area contributed by atoms with Crippen molar-refractivity contribution in [3.8, 4) is 0 Å². The lowest BCUT2D eigenvalue weighted by Crippen LogP contribution is -2.41. The Labute approximate surface area is 121 Å². The molecule has 100 valence electrons. The highest BCUT2D eigenvalue weighted by atomic mass is 35.5. The Morgan fingerprint density at radius 1 is 1.20 bits per heavy atom. The second-order valence-electron chi connectivity index (χ2n) is 4.61. The van der Waals surface area contributed by atoms with Crippen LogP contribution in [0.4, 0.5) is 0 Å². The number of aromatic nitrogens is 1. The fourth-order valence-corrected chi connectivity index (χ4v) is 2.48. The van der Waals surface area contributed by atoms with Crippen molar-refractivity contribution in [2.24, 2.45) is 0 Å². The number of hydrogen-bond acceptors (Lipinski definition) is 3. The van der Waals surface area contributed by atoms with Crippen LogP contribution >= 0.6 is 11.6 Å². The maximum absolute atomic E-state index is 12.4. The van der Waals surface area contributed by atoms with Gasteiger partial charge in [-0.05, 0) is 29.3 Å². The van der Waals surface area contributed by atoms with E-state index in [4.69, 9.17) is 11.6 Å². The number of amides is 2. The van der Waals surface area contributed by atoms with Gasteiger partial charge >= 0.3 is 0 Å². The summed E-state index contributed by atoms with van der Waals surface area (Å²) >= 11 is 5.82. The van der Waals surface area contributed by atoms with Gasteiger partial charge in [-0.2, -0.15) is 0 Å². The van der Waals surface area contributed by atoms with Crippen LogP contribution in [-0.2, 0) is 17.8 Å². The van der Waals surface area contributed by atoms with E-state index in [0.717, 1.165) is 11.1 Å². The highest BCUT2D eigenvalue weighted by Gasteiger charge is 2.30. The minimum Gasteiger partial charge on any atom is -0.274 e. The van der Waals surface area contributed by atoms with Crippen molar-refractivity contribution in [1.29, 1.82) is 0 Å². The molecule has 0 radical (unpaired) electrons. The Balaban J connectivity index is 1.91. The van der Waals surface area contributed by atoms with Crippen LogP contribution in [0.25, 0.3) is 0 Å². The van der Waals surface area contributed by atoms with E-state index < -0.39 is 0 Å². The van der Waals surface area contributed by atoms with Gasteiger partial charge in [-0.25, -0.2) is 4.98 Å². The van der Waals surface area contributed by atoms with E-state index in [9.17, 15) is 9.59 Å². The van der Waals surface area contributed by atoms with Crippen LogP contribution in [0, 0.1) is 0 Å². The van der Waals surface area contributed by atoms with Gasteiger partial charge in [0.25, 0.3) is 5.91 Å². The quantitative estimate of drug-likeness (QED) is 0.629. The van der Waals surface area contributed by atoms with Gasteiger partial charge in [0.1, 0.15) is 5.15 Å². The molecule has 1 aromatic heterocycles. The monoisotopic (exact) mass is 286 g/mol. The predicted octanol–water partition coefficient (Wildman–Crippen LogP) is 2.46. The molecule has 0 unspecified atom stereocenters. The number of nitrogens with zero attached hydrogens (tertiary/aromatic N) is 2. The molecule has 20 heavy (non-hydrogen) atoms. The van der Waals surface area contributed by atoms with Crippen molar-refractivity contribution >= 4 is 23.4 Å². The molecule has 0 fully saturated rings. The molecule has 1 aromatic carbocycles. The molecule has 0 spiro atoms. The number of benzene rings is 1. The molecule has 1 aliphatic heterocycles. The Bertz CT molecular complexity index is 700. The van der Waals surface area contributed by atoms with Crippen LogP contribution in [0.3, 0.4) is 0 Å². The second kappa shape index (κ2) is 5.06. The topological polar surface area (TPSA) is 50.3 Å². The SMILES string of the molecule is O=C1Cc2ccccc2C(=O)N1Cc1ccnc(Cl)c1. The molecule has 1 aliphatic rings. The van der Waals surface area contributed by atoms with Crippen molar-refractivity contribution in [2.45, 2.75) is 13.0 Å². The summed E-state index contributed by atoms with van der Waals surface area (Å²) in [6.45, 7) is 0.217. The molecule has 0 saturated carbocycles. The van der Waals surface area contributed by atoms with Gasteiger partial charge in [-0.3, -0.25) is 14.5 Å². The molecule has 3 rings (SSSR count). The molecule has 2 heterocycles. The first-order valence-corrected chi connectivity index (χ1v) is 6.56. The fourth-order valence-electron chi connectivity index (χ4n) is 2.28. The van der Waals surface area contributed by atoms with Crippen molar-refractivity contribution in [1.82, 2.24) is 9.88 Å². The van der Waals surface area contributed by atoms with Crippen LogP contribution in [-0.4, -0.2) is 21.7 Å². The summed E-state index contributed by atoms with van der Waals surface area (Å²) in [6.07, 6.45) is 1.81. The highest BCUT2D eigenvalue weighted by molar-refractivity contribution is 6.29. The van der Waals surface area contributed by atoms with E-state index in [1.54, 1.807) is 30.5 Å². The van der Waals surface area contributed by atoms with Crippen LogP contribution in [0.1, 0.15) is 21.5 Å². The van der Waals surface area contributed by atoms with E-state index in [1.165, 1.54) is 4.90 Å². The van der Waals surface area contributed by atoms with E-state index in [0.29, 0.717) is 10.7 Å². The largest absolute Gasteiger partial charge is 0.274 e. The van der Waals surface area contributed by atoms with Gasteiger partial charge in [0, 0.05) is 11.8 Å². The Morgan fingerprint density at radius 2 is 2.00 bits per heavy atom. The minimum atomic E-state index is -0.259. The minimum absolute atomic E-state index is 0.193. The number of imide groups is 1. The van der Waals surface area contributed by atoms with Crippen molar-refractivity contribution in [3.63, 3.8) is 0 Å². The van der Waals surface area contributed by atoms with Gasteiger partial charge in [-0.1, -0.05) is 29.8 Å². The lowest BCUT2D eigenvalue weighted by molar-refractivity contribution is -0.128. The molecule has 0 bridgehead atoms. The maximum atomic E-state index is 12.4. The smallest absolute Gasteiger partial charge is 0.261 e. The molecule has 2 amide bonds. The van der Waals surface area contributed by atoms with Gasteiger partial charge < -0.3 is 0 Å². The van der Waals surface area contributed by atoms with Crippen molar-refractivity contribution in [3.05, 3.63) is 64.4 Å². The molecule has 2 aromatic rings. The third kappa shape index (κ3) is 2.30. The summed E-state index contributed by atoms with van der Waals surface area (Å²) in [7, 11) is 0. The first-order chi connectivity index (χ1) is 9.65. The average molecular weight is 287 g/mol. The van der Waals surface area contributed by atoms with E-state index >= 15 is 0 Å². The first-order valence-electron chi connectivity index (χ1n) is 6.18. The maximum Gasteiger partial charge on any atom is 0.261 e. The Hall–Kier alpha value is -2.20. The molecule has 0 atom stereocenters.